The second-order valence-electron chi connectivity index (χ2n) is 3.72. The minimum absolute atomic E-state index is 0.0169. The van der Waals surface area contributed by atoms with Crippen molar-refractivity contribution < 1.29 is 26.7 Å². The Labute approximate surface area is 102 Å². The number of benzene rings is 1. The summed E-state index contributed by atoms with van der Waals surface area (Å²) < 4.78 is 61.9. The van der Waals surface area contributed by atoms with Crippen LogP contribution < -0.4 is 4.72 Å². The van der Waals surface area contributed by atoms with E-state index in [4.69, 9.17) is 5.11 Å². The van der Waals surface area contributed by atoms with E-state index in [1.54, 1.807) is 0 Å². The summed E-state index contributed by atoms with van der Waals surface area (Å²) in [6, 6.07) is 3.60. The van der Waals surface area contributed by atoms with Gasteiger partial charge in [-0.25, -0.2) is 8.42 Å². The lowest BCUT2D eigenvalue weighted by molar-refractivity contribution is -0.137. The third-order valence-corrected chi connectivity index (χ3v) is 3.99. The van der Waals surface area contributed by atoms with Crippen LogP contribution in [0.15, 0.2) is 24.3 Å². The molecule has 0 radical (unpaired) electrons. The first-order chi connectivity index (χ1) is 8.16. The van der Waals surface area contributed by atoms with Crippen LogP contribution in [0.5, 0.6) is 0 Å². The maximum atomic E-state index is 12.3. The summed E-state index contributed by atoms with van der Waals surface area (Å²) in [6.45, 7) is 0.711. The van der Waals surface area contributed by atoms with E-state index >= 15 is 0 Å². The molecule has 0 aliphatic rings. The first-order valence-electron chi connectivity index (χ1n) is 4.96. The molecule has 0 fully saturated rings. The Bertz CT molecular complexity index is 496. The van der Waals surface area contributed by atoms with Crippen LogP contribution in [0.1, 0.15) is 12.5 Å². The molecule has 0 heterocycles. The van der Waals surface area contributed by atoms with Crippen molar-refractivity contribution in [1.82, 2.24) is 0 Å². The van der Waals surface area contributed by atoms with Crippen LogP contribution in [-0.4, -0.2) is 25.4 Å². The van der Waals surface area contributed by atoms with E-state index in [2.05, 4.69) is 4.72 Å². The Balaban J connectivity index is 2.89. The first kappa shape index (κ1) is 14.8. The summed E-state index contributed by atoms with van der Waals surface area (Å²) in [5.41, 5.74) is -0.844. The molecule has 1 atom stereocenters. The molecule has 0 saturated carbocycles. The van der Waals surface area contributed by atoms with Crippen LogP contribution in [-0.2, 0) is 16.2 Å². The first-order valence-corrected chi connectivity index (χ1v) is 6.51. The summed E-state index contributed by atoms with van der Waals surface area (Å²) in [5, 5.41) is 7.69. The minimum Gasteiger partial charge on any atom is -0.395 e. The van der Waals surface area contributed by atoms with Gasteiger partial charge in [0.15, 0.2) is 0 Å². The Kier molecular flexibility index (Phi) is 4.23. The molecule has 0 aliphatic carbocycles. The van der Waals surface area contributed by atoms with Gasteiger partial charge in [0.2, 0.25) is 10.0 Å². The largest absolute Gasteiger partial charge is 0.416 e. The van der Waals surface area contributed by atoms with Crippen molar-refractivity contribution in [1.29, 1.82) is 0 Å². The maximum Gasteiger partial charge on any atom is 0.416 e. The third-order valence-electron chi connectivity index (χ3n) is 2.26. The zero-order valence-electron chi connectivity index (χ0n) is 9.40. The molecule has 2 N–H and O–H groups in total. The molecule has 4 nitrogen and oxygen atoms in total. The lowest BCUT2D eigenvalue weighted by atomic mass is 10.2. The number of nitrogens with one attached hydrogen (secondary N) is 1. The van der Waals surface area contributed by atoms with Crippen molar-refractivity contribution in [2.75, 3.05) is 11.3 Å². The Morgan fingerprint density at radius 1 is 1.28 bits per heavy atom. The summed E-state index contributed by atoms with van der Waals surface area (Å²) in [4.78, 5) is 0. The molecule has 0 amide bonds. The highest BCUT2D eigenvalue weighted by Crippen LogP contribution is 2.30. The molecule has 1 unspecified atom stereocenters. The van der Waals surface area contributed by atoms with Crippen LogP contribution in [0, 0.1) is 0 Å². The van der Waals surface area contributed by atoms with Gasteiger partial charge in [0, 0.05) is 5.69 Å². The van der Waals surface area contributed by atoms with Gasteiger partial charge in [-0.15, -0.1) is 0 Å². The van der Waals surface area contributed by atoms with Gasteiger partial charge in [0.25, 0.3) is 0 Å². The van der Waals surface area contributed by atoms with E-state index in [1.807, 2.05) is 0 Å². The van der Waals surface area contributed by atoms with Crippen molar-refractivity contribution in [3.8, 4) is 0 Å². The quantitative estimate of drug-likeness (QED) is 0.886. The monoisotopic (exact) mass is 283 g/mol. The second kappa shape index (κ2) is 5.15. The number of rotatable bonds is 4. The summed E-state index contributed by atoms with van der Waals surface area (Å²) in [5.74, 6) is 0. The van der Waals surface area contributed by atoms with Crippen LogP contribution in [0.25, 0.3) is 0 Å². The molecule has 1 aromatic carbocycles. The van der Waals surface area contributed by atoms with Crippen LogP contribution >= 0.6 is 0 Å². The molecule has 0 aromatic heterocycles. The number of aliphatic hydroxyl groups is 1. The lowest BCUT2D eigenvalue weighted by Gasteiger charge is -2.13. The highest BCUT2D eigenvalue weighted by Gasteiger charge is 2.30. The van der Waals surface area contributed by atoms with Crippen molar-refractivity contribution >= 4 is 15.7 Å². The van der Waals surface area contributed by atoms with Gasteiger partial charge in [-0.1, -0.05) is 0 Å². The van der Waals surface area contributed by atoms with Gasteiger partial charge >= 0.3 is 6.18 Å². The van der Waals surface area contributed by atoms with Gasteiger partial charge in [-0.05, 0) is 31.2 Å². The van der Waals surface area contributed by atoms with E-state index in [0.29, 0.717) is 0 Å². The molecule has 18 heavy (non-hydrogen) atoms. The number of aliphatic hydroxyl groups excluding tert-OH is 1. The molecule has 1 aromatic rings. The van der Waals surface area contributed by atoms with Crippen molar-refractivity contribution in [3.63, 3.8) is 0 Å². The van der Waals surface area contributed by atoms with Gasteiger partial charge in [0.1, 0.15) is 5.25 Å². The fourth-order valence-electron chi connectivity index (χ4n) is 1.09. The molecule has 102 valence electrons. The van der Waals surface area contributed by atoms with Crippen molar-refractivity contribution in [2.24, 2.45) is 0 Å². The van der Waals surface area contributed by atoms with Crippen molar-refractivity contribution in [2.45, 2.75) is 18.3 Å². The van der Waals surface area contributed by atoms with Gasteiger partial charge < -0.3 is 5.11 Å². The van der Waals surface area contributed by atoms with E-state index in [0.717, 1.165) is 24.3 Å². The Morgan fingerprint density at radius 3 is 2.17 bits per heavy atom. The van der Waals surface area contributed by atoms with Gasteiger partial charge in [0.05, 0.1) is 12.2 Å². The predicted molar refractivity (Wildman–Crippen MR) is 60.5 cm³/mol. The fourth-order valence-corrected chi connectivity index (χ4v) is 1.95. The number of hydrogen-bond donors (Lipinski definition) is 2. The molecule has 0 spiro atoms. The fraction of sp³-hybridized carbons (Fsp3) is 0.400. The normalized spacial score (nSPS) is 14.3. The Hall–Kier alpha value is -1.28. The molecule has 1 rings (SSSR count). The summed E-state index contributed by atoms with van der Waals surface area (Å²) in [6.07, 6.45) is -4.46. The second-order valence-corrected chi connectivity index (χ2v) is 5.81. The van der Waals surface area contributed by atoms with Crippen LogP contribution in [0.2, 0.25) is 0 Å². The molecular formula is C10H12F3NO3S. The minimum atomic E-state index is -4.46. The van der Waals surface area contributed by atoms with E-state index in [9.17, 15) is 21.6 Å². The number of sulfonamides is 1. The zero-order chi connectivity index (χ0) is 14.0. The average Bonchev–Trinajstić information content (AvgIpc) is 2.26. The zero-order valence-corrected chi connectivity index (χ0v) is 10.2. The molecule has 0 aliphatic heterocycles. The highest BCUT2D eigenvalue weighted by atomic mass is 32.2. The number of anilines is 1. The average molecular weight is 283 g/mol. The lowest BCUT2D eigenvalue weighted by Crippen LogP contribution is -2.28. The van der Waals surface area contributed by atoms with E-state index in [1.165, 1.54) is 6.92 Å². The Morgan fingerprint density at radius 2 is 1.78 bits per heavy atom. The van der Waals surface area contributed by atoms with Crippen LogP contribution in [0.3, 0.4) is 0 Å². The van der Waals surface area contributed by atoms with Crippen LogP contribution in [0.4, 0.5) is 18.9 Å². The molecule has 0 saturated heterocycles. The predicted octanol–water partition coefficient (Wildman–Crippen LogP) is 1.83. The van der Waals surface area contributed by atoms with E-state index < -0.39 is 33.6 Å². The molecule has 8 heteroatoms. The third kappa shape index (κ3) is 3.61. The standard InChI is InChI=1S/C10H12F3NO3S/c1-7(6-15)18(16,17)14-9-4-2-8(3-5-9)10(11,12)13/h2-5,7,14-15H,6H2,1H3. The summed E-state index contributed by atoms with van der Waals surface area (Å²) >= 11 is 0. The number of halogens is 3. The summed E-state index contributed by atoms with van der Waals surface area (Å²) in [7, 11) is -3.79. The van der Waals surface area contributed by atoms with E-state index in [-0.39, 0.29) is 5.69 Å². The number of hydrogen-bond acceptors (Lipinski definition) is 3. The SMILES string of the molecule is CC(CO)S(=O)(=O)Nc1ccc(C(F)(F)F)cc1. The van der Waals surface area contributed by atoms with Gasteiger partial charge in [-0.3, -0.25) is 4.72 Å². The molecular weight excluding hydrogens is 271 g/mol. The topological polar surface area (TPSA) is 66.4 Å². The van der Waals surface area contributed by atoms with Crippen molar-refractivity contribution in [3.05, 3.63) is 29.8 Å². The smallest absolute Gasteiger partial charge is 0.395 e. The maximum absolute atomic E-state index is 12.3. The number of alkyl halides is 3. The molecule has 0 bridgehead atoms. The van der Waals surface area contributed by atoms with Gasteiger partial charge in [-0.2, -0.15) is 13.2 Å². The highest BCUT2D eigenvalue weighted by molar-refractivity contribution is 7.93.